The molecule has 0 bridgehead atoms. The monoisotopic (exact) mass is 291 g/mol. The Balaban J connectivity index is 2.56. The van der Waals surface area contributed by atoms with Crippen LogP contribution in [0.4, 0.5) is 5.69 Å². The van der Waals surface area contributed by atoms with Crippen molar-refractivity contribution in [3.8, 4) is 0 Å². The van der Waals surface area contributed by atoms with Gasteiger partial charge in [-0.3, -0.25) is 9.59 Å². The van der Waals surface area contributed by atoms with Crippen molar-refractivity contribution in [2.75, 3.05) is 5.32 Å². The van der Waals surface area contributed by atoms with Crippen LogP contribution >= 0.6 is 34.8 Å². The van der Waals surface area contributed by atoms with Gasteiger partial charge >= 0.3 is 0 Å². The summed E-state index contributed by atoms with van der Waals surface area (Å²) in [5.74, 6) is -0.923. The lowest BCUT2D eigenvalue weighted by atomic mass is 10.2. The topological polar surface area (TPSA) is 46.2 Å². The van der Waals surface area contributed by atoms with Gasteiger partial charge < -0.3 is 5.32 Å². The van der Waals surface area contributed by atoms with Crippen LogP contribution in [0.25, 0.3) is 0 Å². The third-order valence-corrected chi connectivity index (χ3v) is 2.17. The summed E-state index contributed by atoms with van der Waals surface area (Å²) in [7, 11) is 0. The zero-order chi connectivity index (χ0) is 12.8. The normalized spacial score (nSPS) is 9.59. The molecule has 0 radical (unpaired) electrons. The zero-order valence-electron chi connectivity index (χ0n) is 8.54. The number of ketones is 1. The number of hydrogen-bond acceptors (Lipinski definition) is 2. The average molecular weight is 293 g/mol. The highest BCUT2D eigenvalue weighted by atomic mass is 35.5. The molecular weight excluding hydrogens is 284 g/mol. The van der Waals surface area contributed by atoms with E-state index in [4.69, 9.17) is 34.8 Å². The molecule has 0 atom stereocenters. The maximum atomic E-state index is 11.4. The predicted octanol–water partition coefficient (Wildman–Crippen LogP) is 3.56. The molecule has 3 nitrogen and oxygen atoms in total. The minimum Gasteiger partial charge on any atom is -0.326 e. The van der Waals surface area contributed by atoms with Gasteiger partial charge in [-0.1, -0.05) is 40.9 Å². The molecule has 0 aliphatic carbocycles. The van der Waals surface area contributed by atoms with Crippen LogP contribution in [-0.4, -0.2) is 11.7 Å². The van der Waals surface area contributed by atoms with E-state index in [1.165, 1.54) is 0 Å². The number of benzene rings is 1. The van der Waals surface area contributed by atoms with Crippen LogP contribution in [0.15, 0.2) is 34.8 Å². The lowest BCUT2D eigenvalue weighted by molar-refractivity contribution is -0.122. The van der Waals surface area contributed by atoms with Crippen molar-refractivity contribution in [3.63, 3.8) is 0 Å². The highest BCUT2D eigenvalue weighted by Gasteiger charge is 2.08. The van der Waals surface area contributed by atoms with Gasteiger partial charge in [-0.05, 0) is 18.2 Å². The van der Waals surface area contributed by atoms with E-state index in [-0.39, 0.29) is 10.9 Å². The second-order valence-electron chi connectivity index (χ2n) is 3.14. The van der Waals surface area contributed by atoms with Crippen LogP contribution < -0.4 is 5.32 Å². The largest absolute Gasteiger partial charge is 0.326 e. The molecule has 90 valence electrons. The number of carbonyl (C=O) groups is 2. The SMILES string of the molecule is O=C(C=C(Cl)Cl)CC(=O)Nc1cccc(Cl)c1. The zero-order valence-corrected chi connectivity index (χ0v) is 10.8. The number of hydrogen-bond donors (Lipinski definition) is 1. The van der Waals surface area contributed by atoms with Gasteiger partial charge in [0.2, 0.25) is 5.91 Å². The molecule has 1 amide bonds. The first kappa shape index (κ1) is 14.0. The molecule has 1 N–H and O–H groups in total. The number of amides is 1. The Kier molecular flexibility index (Phi) is 5.48. The lowest BCUT2D eigenvalue weighted by Gasteiger charge is -2.03. The van der Waals surface area contributed by atoms with Gasteiger partial charge in [0.15, 0.2) is 5.78 Å². The van der Waals surface area contributed by atoms with Crippen LogP contribution in [0.1, 0.15) is 6.42 Å². The van der Waals surface area contributed by atoms with Crippen LogP contribution in [0.2, 0.25) is 5.02 Å². The van der Waals surface area contributed by atoms with Crippen molar-refractivity contribution in [2.24, 2.45) is 0 Å². The first-order chi connectivity index (χ1) is 7.97. The van der Waals surface area contributed by atoms with Crippen molar-refractivity contribution in [3.05, 3.63) is 39.9 Å². The molecule has 0 saturated heterocycles. The third-order valence-electron chi connectivity index (χ3n) is 1.71. The number of carbonyl (C=O) groups excluding carboxylic acids is 2. The highest BCUT2D eigenvalue weighted by molar-refractivity contribution is 6.56. The number of nitrogens with one attached hydrogen (secondary N) is 1. The Morgan fingerprint density at radius 2 is 2.00 bits per heavy atom. The molecule has 0 heterocycles. The smallest absolute Gasteiger partial charge is 0.232 e. The minimum atomic E-state index is -0.468. The van der Waals surface area contributed by atoms with Gasteiger partial charge in [0, 0.05) is 16.8 Å². The molecule has 17 heavy (non-hydrogen) atoms. The highest BCUT2D eigenvalue weighted by Crippen LogP contribution is 2.15. The number of allylic oxidation sites excluding steroid dienone is 1. The van der Waals surface area contributed by atoms with Gasteiger partial charge in [-0.2, -0.15) is 0 Å². The summed E-state index contributed by atoms with van der Waals surface area (Å²) >= 11 is 16.3. The van der Waals surface area contributed by atoms with E-state index in [2.05, 4.69) is 5.32 Å². The Bertz CT molecular complexity index is 468. The predicted molar refractivity (Wildman–Crippen MR) is 69.5 cm³/mol. The third kappa shape index (κ3) is 5.73. The van der Waals surface area contributed by atoms with E-state index in [0.717, 1.165) is 6.08 Å². The second kappa shape index (κ2) is 6.64. The molecule has 0 saturated carbocycles. The number of rotatable bonds is 4. The molecule has 1 aromatic rings. The summed E-state index contributed by atoms with van der Waals surface area (Å²) in [4.78, 5) is 22.6. The summed E-state index contributed by atoms with van der Waals surface area (Å²) in [5.41, 5.74) is 0.524. The molecule has 0 spiro atoms. The molecule has 0 unspecified atom stereocenters. The number of halogens is 3. The first-order valence-corrected chi connectivity index (χ1v) is 5.71. The van der Waals surface area contributed by atoms with E-state index in [1.807, 2.05) is 0 Å². The van der Waals surface area contributed by atoms with E-state index in [0.29, 0.717) is 10.7 Å². The summed E-state index contributed by atoms with van der Waals surface area (Å²) < 4.78 is -0.175. The van der Waals surface area contributed by atoms with Crippen molar-refractivity contribution in [2.45, 2.75) is 6.42 Å². The van der Waals surface area contributed by atoms with Crippen LogP contribution in [0, 0.1) is 0 Å². The van der Waals surface area contributed by atoms with E-state index in [1.54, 1.807) is 24.3 Å². The standard InChI is InChI=1S/C11H8Cl3NO2/c12-7-2-1-3-8(4-7)15-11(17)6-9(16)5-10(13)14/h1-5H,6H2,(H,15,17). The average Bonchev–Trinajstić information content (AvgIpc) is 2.14. The van der Waals surface area contributed by atoms with Gasteiger partial charge in [0.25, 0.3) is 0 Å². The molecule has 6 heteroatoms. The fourth-order valence-electron chi connectivity index (χ4n) is 1.10. The Morgan fingerprint density at radius 1 is 1.29 bits per heavy atom. The molecular formula is C11H8Cl3NO2. The minimum absolute atomic E-state index is 0.175. The summed E-state index contributed by atoms with van der Waals surface area (Å²) in [6.45, 7) is 0. The fraction of sp³-hybridized carbons (Fsp3) is 0.0909. The Morgan fingerprint density at radius 3 is 2.59 bits per heavy atom. The van der Waals surface area contributed by atoms with Crippen molar-refractivity contribution >= 4 is 52.2 Å². The lowest BCUT2D eigenvalue weighted by Crippen LogP contribution is -2.15. The summed E-state index contributed by atoms with van der Waals surface area (Å²) in [6, 6.07) is 6.61. The van der Waals surface area contributed by atoms with Crippen molar-refractivity contribution < 1.29 is 9.59 Å². The van der Waals surface area contributed by atoms with Gasteiger partial charge in [-0.15, -0.1) is 0 Å². The fourth-order valence-corrected chi connectivity index (χ4v) is 1.54. The maximum absolute atomic E-state index is 11.4. The van der Waals surface area contributed by atoms with Crippen molar-refractivity contribution in [1.82, 2.24) is 0 Å². The molecule has 1 aromatic carbocycles. The van der Waals surface area contributed by atoms with Gasteiger partial charge in [0.1, 0.15) is 4.49 Å². The molecule has 0 aromatic heterocycles. The van der Waals surface area contributed by atoms with Gasteiger partial charge in [0.05, 0.1) is 6.42 Å². The van der Waals surface area contributed by atoms with Crippen molar-refractivity contribution in [1.29, 1.82) is 0 Å². The Hall–Kier alpha value is -1.03. The first-order valence-electron chi connectivity index (χ1n) is 4.58. The Labute approximate surface area is 113 Å². The maximum Gasteiger partial charge on any atom is 0.232 e. The summed E-state index contributed by atoms with van der Waals surface area (Å²) in [5, 5.41) is 3.03. The van der Waals surface area contributed by atoms with Crippen LogP contribution in [0.5, 0.6) is 0 Å². The quantitative estimate of drug-likeness (QED) is 0.681. The van der Waals surface area contributed by atoms with Crippen LogP contribution in [-0.2, 0) is 9.59 Å². The van der Waals surface area contributed by atoms with E-state index in [9.17, 15) is 9.59 Å². The second-order valence-corrected chi connectivity index (χ2v) is 4.58. The summed E-state index contributed by atoms with van der Waals surface area (Å²) in [6.07, 6.45) is 0.663. The molecule has 0 aliphatic rings. The number of anilines is 1. The molecule has 0 fully saturated rings. The molecule has 0 aliphatic heterocycles. The van der Waals surface area contributed by atoms with E-state index >= 15 is 0 Å². The van der Waals surface area contributed by atoms with E-state index < -0.39 is 11.7 Å². The molecule has 1 rings (SSSR count). The van der Waals surface area contributed by atoms with Crippen LogP contribution in [0.3, 0.4) is 0 Å². The van der Waals surface area contributed by atoms with Gasteiger partial charge in [-0.25, -0.2) is 0 Å².